The van der Waals surface area contributed by atoms with E-state index in [0.29, 0.717) is 10.0 Å². The minimum absolute atomic E-state index is 0.222. The molecule has 100 valence electrons. The molecule has 2 aromatic rings. The van der Waals surface area contributed by atoms with Crippen LogP contribution in [0.5, 0.6) is 0 Å². The summed E-state index contributed by atoms with van der Waals surface area (Å²) in [5, 5.41) is 1.21. The average molecular weight is 295 g/mol. The molecule has 0 radical (unpaired) electrons. The van der Waals surface area contributed by atoms with E-state index in [-0.39, 0.29) is 6.04 Å². The van der Waals surface area contributed by atoms with Gasteiger partial charge < -0.3 is 0 Å². The van der Waals surface area contributed by atoms with Crippen molar-refractivity contribution in [2.45, 2.75) is 19.9 Å². The molecule has 0 aliphatic rings. The van der Waals surface area contributed by atoms with Crippen molar-refractivity contribution in [1.29, 1.82) is 0 Å². The van der Waals surface area contributed by atoms with Crippen molar-refractivity contribution in [3.05, 3.63) is 68.7 Å². The van der Waals surface area contributed by atoms with Crippen LogP contribution in [0.15, 0.2) is 36.4 Å². The smallest absolute Gasteiger partial charge is 0.0739 e. The van der Waals surface area contributed by atoms with Crippen molar-refractivity contribution in [2.24, 2.45) is 5.84 Å². The highest BCUT2D eigenvalue weighted by molar-refractivity contribution is 6.36. The van der Waals surface area contributed by atoms with E-state index in [1.807, 2.05) is 18.2 Å². The standard InChI is InChI=1S/C15H16Cl2N2/c1-9-6-10(2)8-11(7-9)15(19-18)14-12(16)4-3-5-13(14)17/h3-8,15,19H,18H2,1-2H3. The number of rotatable bonds is 3. The predicted molar refractivity (Wildman–Crippen MR) is 81.5 cm³/mol. The molecule has 1 unspecified atom stereocenters. The number of halogens is 2. The Morgan fingerprint density at radius 1 is 1.00 bits per heavy atom. The highest BCUT2D eigenvalue weighted by Crippen LogP contribution is 2.34. The maximum atomic E-state index is 6.25. The highest BCUT2D eigenvalue weighted by atomic mass is 35.5. The first-order valence-corrected chi connectivity index (χ1v) is 6.76. The maximum absolute atomic E-state index is 6.25. The van der Waals surface area contributed by atoms with Crippen molar-refractivity contribution in [3.8, 4) is 0 Å². The van der Waals surface area contributed by atoms with Crippen LogP contribution in [0, 0.1) is 13.8 Å². The fourth-order valence-corrected chi connectivity index (χ4v) is 2.92. The van der Waals surface area contributed by atoms with E-state index in [1.54, 1.807) is 0 Å². The number of nitrogens with two attached hydrogens (primary N) is 1. The minimum Gasteiger partial charge on any atom is -0.271 e. The molecule has 0 aromatic heterocycles. The van der Waals surface area contributed by atoms with Gasteiger partial charge in [-0.1, -0.05) is 58.6 Å². The molecule has 0 heterocycles. The van der Waals surface area contributed by atoms with Crippen LogP contribution >= 0.6 is 23.2 Å². The van der Waals surface area contributed by atoms with Gasteiger partial charge in [-0.3, -0.25) is 5.84 Å². The van der Waals surface area contributed by atoms with Crippen LogP contribution in [0.4, 0.5) is 0 Å². The molecular weight excluding hydrogens is 279 g/mol. The van der Waals surface area contributed by atoms with Crippen LogP contribution in [0.3, 0.4) is 0 Å². The van der Waals surface area contributed by atoms with Gasteiger partial charge in [0.2, 0.25) is 0 Å². The third kappa shape index (κ3) is 3.10. The lowest BCUT2D eigenvalue weighted by Crippen LogP contribution is -2.29. The van der Waals surface area contributed by atoms with Crippen molar-refractivity contribution < 1.29 is 0 Å². The van der Waals surface area contributed by atoms with Crippen molar-refractivity contribution in [1.82, 2.24) is 5.43 Å². The van der Waals surface area contributed by atoms with Crippen molar-refractivity contribution in [3.63, 3.8) is 0 Å². The Hall–Kier alpha value is -1.06. The molecule has 3 N–H and O–H groups in total. The first kappa shape index (κ1) is 14.4. The van der Waals surface area contributed by atoms with E-state index in [2.05, 4.69) is 37.5 Å². The lowest BCUT2D eigenvalue weighted by atomic mass is 9.96. The van der Waals surface area contributed by atoms with Gasteiger partial charge >= 0.3 is 0 Å². The summed E-state index contributed by atoms with van der Waals surface area (Å²) >= 11 is 12.5. The topological polar surface area (TPSA) is 38.0 Å². The molecule has 1 atom stereocenters. The van der Waals surface area contributed by atoms with Gasteiger partial charge in [-0.2, -0.15) is 0 Å². The van der Waals surface area contributed by atoms with E-state index in [4.69, 9.17) is 29.0 Å². The monoisotopic (exact) mass is 294 g/mol. The molecule has 2 nitrogen and oxygen atoms in total. The molecule has 0 spiro atoms. The number of benzene rings is 2. The van der Waals surface area contributed by atoms with E-state index in [9.17, 15) is 0 Å². The zero-order valence-corrected chi connectivity index (χ0v) is 12.4. The Labute approximate surface area is 123 Å². The van der Waals surface area contributed by atoms with E-state index < -0.39 is 0 Å². The lowest BCUT2D eigenvalue weighted by molar-refractivity contribution is 0.636. The Kier molecular flexibility index (Phi) is 4.48. The summed E-state index contributed by atoms with van der Waals surface area (Å²) < 4.78 is 0. The van der Waals surface area contributed by atoms with Gasteiger partial charge in [0.25, 0.3) is 0 Å². The van der Waals surface area contributed by atoms with Gasteiger partial charge in [0.05, 0.1) is 6.04 Å². The number of hydrogen-bond acceptors (Lipinski definition) is 2. The normalized spacial score (nSPS) is 12.5. The van der Waals surface area contributed by atoms with Gasteiger partial charge in [-0.05, 0) is 31.5 Å². The van der Waals surface area contributed by atoms with E-state index in [1.165, 1.54) is 11.1 Å². The summed E-state index contributed by atoms with van der Waals surface area (Å²) in [6, 6.07) is 11.5. The number of hydrogen-bond donors (Lipinski definition) is 2. The van der Waals surface area contributed by atoms with Gasteiger partial charge in [0.1, 0.15) is 0 Å². The third-order valence-corrected chi connectivity index (χ3v) is 3.69. The molecule has 2 rings (SSSR count). The molecule has 0 aliphatic carbocycles. The second-order valence-electron chi connectivity index (χ2n) is 4.66. The summed E-state index contributed by atoms with van der Waals surface area (Å²) in [6.45, 7) is 4.11. The summed E-state index contributed by atoms with van der Waals surface area (Å²) in [7, 11) is 0. The first-order chi connectivity index (χ1) is 9.02. The molecular formula is C15H16Cl2N2. The van der Waals surface area contributed by atoms with Crippen molar-refractivity contribution >= 4 is 23.2 Å². The molecule has 0 bridgehead atoms. The number of nitrogens with one attached hydrogen (secondary N) is 1. The SMILES string of the molecule is Cc1cc(C)cc(C(NN)c2c(Cl)cccc2Cl)c1. The Morgan fingerprint density at radius 2 is 1.53 bits per heavy atom. The van der Waals surface area contributed by atoms with Gasteiger partial charge in [0, 0.05) is 15.6 Å². The van der Waals surface area contributed by atoms with E-state index in [0.717, 1.165) is 11.1 Å². The molecule has 4 heteroatoms. The zero-order chi connectivity index (χ0) is 14.0. The van der Waals surface area contributed by atoms with Crippen LogP contribution < -0.4 is 11.3 Å². The summed E-state index contributed by atoms with van der Waals surface area (Å²) in [5.41, 5.74) is 7.01. The molecule has 2 aromatic carbocycles. The van der Waals surface area contributed by atoms with Crippen LogP contribution in [-0.2, 0) is 0 Å². The van der Waals surface area contributed by atoms with E-state index >= 15 is 0 Å². The van der Waals surface area contributed by atoms with Crippen LogP contribution in [-0.4, -0.2) is 0 Å². The van der Waals surface area contributed by atoms with Gasteiger partial charge in [-0.15, -0.1) is 0 Å². The number of hydrazine groups is 1. The number of aryl methyl sites for hydroxylation is 2. The fourth-order valence-electron chi connectivity index (χ4n) is 2.31. The molecule has 19 heavy (non-hydrogen) atoms. The Balaban J connectivity index is 2.56. The predicted octanol–water partition coefficient (Wildman–Crippen LogP) is 4.16. The molecule has 0 fully saturated rings. The summed E-state index contributed by atoms with van der Waals surface area (Å²) in [4.78, 5) is 0. The van der Waals surface area contributed by atoms with Crippen LogP contribution in [0.25, 0.3) is 0 Å². The summed E-state index contributed by atoms with van der Waals surface area (Å²) in [5.74, 6) is 5.71. The van der Waals surface area contributed by atoms with Crippen molar-refractivity contribution in [2.75, 3.05) is 0 Å². The third-order valence-electron chi connectivity index (χ3n) is 3.03. The van der Waals surface area contributed by atoms with Crippen LogP contribution in [0.1, 0.15) is 28.3 Å². The van der Waals surface area contributed by atoms with Gasteiger partial charge in [-0.25, -0.2) is 5.43 Å². The van der Waals surface area contributed by atoms with Crippen LogP contribution in [0.2, 0.25) is 10.0 Å². The molecule has 0 amide bonds. The molecule has 0 saturated heterocycles. The minimum atomic E-state index is -0.222. The lowest BCUT2D eigenvalue weighted by Gasteiger charge is -2.20. The largest absolute Gasteiger partial charge is 0.271 e. The fraction of sp³-hybridized carbons (Fsp3) is 0.200. The molecule has 0 saturated carbocycles. The Morgan fingerprint density at radius 3 is 2.00 bits per heavy atom. The maximum Gasteiger partial charge on any atom is 0.0739 e. The first-order valence-electron chi connectivity index (χ1n) is 6.01. The second kappa shape index (κ2) is 5.93. The Bertz CT molecular complexity index is 556. The highest BCUT2D eigenvalue weighted by Gasteiger charge is 2.19. The summed E-state index contributed by atoms with van der Waals surface area (Å²) in [6.07, 6.45) is 0. The quantitative estimate of drug-likeness (QED) is 0.659. The molecule has 0 aliphatic heterocycles. The average Bonchev–Trinajstić information content (AvgIpc) is 2.32. The van der Waals surface area contributed by atoms with Gasteiger partial charge in [0.15, 0.2) is 0 Å². The zero-order valence-electron chi connectivity index (χ0n) is 10.9. The second-order valence-corrected chi connectivity index (χ2v) is 5.47.